The van der Waals surface area contributed by atoms with Crippen LogP contribution in [0.4, 0.5) is 0 Å². The molecule has 0 aromatic carbocycles. The highest BCUT2D eigenvalue weighted by molar-refractivity contribution is 5.72. The van der Waals surface area contributed by atoms with E-state index in [1.165, 1.54) is 0 Å². The molecule has 0 aromatic heterocycles. The minimum Gasteiger partial charge on any atom is -0.459 e. The van der Waals surface area contributed by atoms with E-state index >= 15 is 0 Å². The van der Waals surface area contributed by atoms with E-state index in [1.54, 1.807) is 0 Å². The first-order chi connectivity index (χ1) is 11.8. The fourth-order valence-corrected chi connectivity index (χ4v) is 2.82. The van der Waals surface area contributed by atoms with Crippen molar-refractivity contribution < 1.29 is 14.3 Å². The predicted molar refractivity (Wildman–Crippen MR) is 99.8 cm³/mol. The molecule has 1 saturated heterocycles. The molecule has 0 bridgehead atoms. The SMILES string of the molecule is CCN1CCNCCN(CC=O)CCN(CC(=O)OC(C)(C)C)CC1. The van der Waals surface area contributed by atoms with Gasteiger partial charge in [0.1, 0.15) is 11.9 Å². The van der Waals surface area contributed by atoms with E-state index in [0.29, 0.717) is 13.1 Å². The van der Waals surface area contributed by atoms with Crippen molar-refractivity contribution in [3.05, 3.63) is 0 Å². The number of nitrogens with one attached hydrogen (secondary N) is 1. The fourth-order valence-electron chi connectivity index (χ4n) is 2.82. The van der Waals surface area contributed by atoms with E-state index in [1.807, 2.05) is 20.8 Å². The molecule has 0 spiro atoms. The van der Waals surface area contributed by atoms with Crippen LogP contribution in [0.1, 0.15) is 27.7 Å². The van der Waals surface area contributed by atoms with Crippen LogP contribution in [-0.2, 0) is 14.3 Å². The standard InChI is InChI=1S/C18H36N4O3/c1-5-20-8-6-19-7-9-21(14-15-23)11-13-22(12-10-20)16-17(24)25-18(2,3)4/h15,19H,5-14,16H2,1-4H3. The molecule has 1 heterocycles. The van der Waals surface area contributed by atoms with Gasteiger partial charge in [0.05, 0.1) is 13.1 Å². The van der Waals surface area contributed by atoms with Crippen molar-refractivity contribution in [1.29, 1.82) is 0 Å². The largest absolute Gasteiger partial charge is 0.459 e. The molecule has 0 atom stereocenters. The number of carbonyl (C=O) groups excluding carboxylic acids is 2. The molecule has 1 N–H and O–H groups in total. The van der Waals surface area contributed by atoms with E-state index in [9.17, 15) is 9.59 Å². The van der Waals surface area contributed by atoms with E-state index in [0.717, 1.165) is 65.2 Å². The summed E-state index contributed by atoms with van der Waals surface area (Å²) in [6.07, 6.45) is 0.947. The van der Waals surface area contributed by atoms with Gasteiger partial charge in [0, 0.05) is 52.4 Å². The smallest absolute Gasteiger partial charge is 0.320 e. The normalized spacial score (nSPS) is 20.5. The molecule has 1 aliphatic rings. The maximum atomic E-state index is 12.2. The highest BCUT2D eigenvalue weighted by atomic mass is 16.6. The number of hydrogen-bond acceptors (Lipinski definition) is 7. The van der Waals surface area contributed by atoms with E-state index in [4.69, 9.17) is 4.74 Å². The molecule has 1 aliphatic heterocycles. The number of rotatable bonds is 5. The topological polar surface area (TPSA) is 65.1 Å². The molecule has 1 fully saturated rings. The third kappa shape index (κ3) is 10.5. The number of esters is 1. The molecule has 0 unspecified atom stereocenters. The van der Waals surface area contributed by atoms with Gasteiger partial charge in [-0.15, -0.1) is 0 Å². The van der Waals surface area contributed by atoms with Crippen LogP contribution < -0.4 is 5.32 Å². The number of hydrogen-bond donors (Lipinski definition) is 1. The molecule has 0 saturated carbocycles. The summed E-state index contributed by atoms with van der Waals surface area (Å²) in [5.41, 5.74) is -0.464. The molecular formula is C18H36N4O3. The molecule has 0 aliphatic carbocycles. The quantitative estimate of drug-likeness (QED) is 0.552. The summed E-state index contributed by atoms with van der Waals surface area (Å²) in [6.45, 7) is 16.5. The lowest BCUT2D eigenvalue weighted by Crippen LogP contribution is -2.46. The monoisotopic (exact) mass is 356 g/mol. The molecule has 0 radical (unpaired) electrons. The van der Waals surface area contributed by atoms with Crippen molar-refractivity contribution in [2.75, 3.05) is 72.0 Å². The van der Waals surface area contributed by atoms with Crippen LogP contribution in [0.2, 0.25) is 0 Å². The number of likely N-dealkylation sites (N-methyl/N-ethyl adjacent to an activating group) is 1. The van der Waals surface area contributed by atoms with Crippen LogP contribution in [0, 0.1) is 0 Å². The van der Waals surface area contributed by atoms with Crippen molar-refractivity contribution >= 4 is 12.3 Å². The second-order valence-electron chi connectivity index (χ2n) is 7.51. The van der Waals surface area contributed by atoms with Gasteiger partial charge in [-0.05, 0) is 27.3 Å². The van der Waals surface area contributed by atoms with E-state index in [-0.39, 0.29) is 5.97 Å². The summed E-state index contributed by atoms with van der Waals surface area (Å²) in [6, 6.07) is 0. The number of carbonyl (C=O) groups is 2. The molecule has 146 valence electrons. The highest BCUT2D eigenvalue weighted by Gasteiger charge is 2.20. The number of nitrogens with zero attached hydrogens (tertiary/aromatic N) is 3. The zero-order valence-electron chi connectivity index (χ0n) is 16.4. The Morgan fingerprint density at radius 1 is 1.00 bits per heavy atom. The third-order valence-electron chi connectivity index (χ3n) is 4.23. The first-order valence-electron chi connectivity index (χ1n) is 9.37. The van der Waals surface area contributed by atoms with Crippen molar-refractivity contribution in [2.24, 2.45) is 0 Å². The number of aldehydes is 1. The summed E-state index contributed by atoms with van der Waals surface area (Å²) in [5.74, 6) is -0.189. The second kappa shape index (κ2) is 11.6. The molecule has 7 nitrogen and oxygen atoms in total. The van der Waals surface area contributed by atoms with Gasteiger partial charge in [-0.3, -0.25) is 14.6 Å². The lowest BCUT2D eigenvalue weighted by atomic mass is 10.2. The van der Waals surface area contributed by atoms with Gasteiger partial charge in [0.2, 0.25) is 0 Å². The van der Waals surface area contributed by atoms with Crippen LogP contribution in [0.15, 0.2) is 0 Å². The van der Waals surface area contributed by atoms with Gasteiger partial charge in [0.25, 0.3) is 0 Å². The van der Waals surface area contributed by atoms with Crippen molar-refractivity contribution in [3.8, 4) is 0 Å². The molecule has 25 heavy (non-hydrogen) atoms. The lowest BCUT2D eigenvalue weighted by Gasteiger charge is -2.30. The Morgan fingerprint density at radius 2 is 1.56 bits per heavy atom. The van der Waals surface area contributed by atoms with E-state index in [2.05, 4.69) is 26.9 Å². The molecular weight excluding hydrogens is 320 g/mol. The third-order valence-corrected chi connectivity index (χ3v) is 4.23. The molecule has 0 amide bonds. The van der Waals surface area contributed by atoms with Gasteiger partial charge in [-0.1, -0.05) is 6.92 Å². The lowest BCUT2D eigenvalue weighted by molar-refractivity contribution is -0.156. The minimum absolute atomic E-state index is 0.189. The summed E-state index contributed by atoms with van der Waals surface area (Å²) in [7, 11) is 0. The summed E-state index contributed by atoms with van der Waals surface area (Å²) < 4.78 is 5.47. The summed E-state index contributed by atoms with van der Waals surface area (Å²) >= 11 is 0. The van der Waals surface area contributed by atoms with Gasteiger partial charge >= 0.3 is 5.97 Å². The average molecular weight is 357 g/mol. The first-order valence-corrected chi connectivity index (χ1v) is 9.37. The summed E-state index contributed by atoms with van der Waals surface area (Å²) in [5, 5.41) is 3.44. The van der Waals surface area contributed by atoms with Gasteiger partial charge in [-0.2, -0.15) is 0 Å². The van der Waals surface area contributed by atoms with Crippen molar-refractivity contribution in [2.45, 2.75) is 33.3 Å². The van der Waals surface area contributed by atoms with Crippen LogP contribution in [0.3, 0.4) is 0 Å². The fraction of sp³-hybridized carbons (Fsp3) is 0.889. The zero-order chi connectivity index (χ0) is 18.7. The Bertz CT molecular complexity index is 398. The molecule has 0 aromatic rings. The first kappa shape index (κ1) is 22.0. The molecule has 1 rings (SSSR count). The Morgan fingerprint density at radius 3 is 2.12 bits per heavy atom. The predicted octanol–water partition coefficient (Wildman–Crippen LogP) is 0.0561. The Kier molecular flexibility index (Phi) is 10.2. The van der Waals surface area contributed by atoms with Crippen molar-refractivity contribution in [3.63, 3.8) is 0 Å². The minimum atomic E-state index is -0.464. The maximum Gasteiger partial charge on any atom is 0.320 e. The van der Waals surface area contributed by atoms with Crippen LogP contribution in [0.5, 0.6) is 0 Å². The Hall–Kier alpha value is -1.02. The van der Waals surface area contributed by atoms with Gasteiger partial charge < -0.3 is 19.7 Å². The Labute approximate surface area is 152 Å². The van der Waals surface area contributed by atoms with Gasteiger partial charge in [0.15, 0.2) is 0 Å². The summed E-state index contributed by atoms with van der Waals surface area (Å²) in [4.78, 5) is 29.7. The van der Waals surface area contributed by atoms with Gasteiger partial charge in [-0.25, -0.2) is 0 Å². The highest BCUT2D eigenvalue weighted by Crippen LogP contribution is 2.07. The maximum absolute atomic E-state index is 12.2. The molecule has 7 heteroatoms. The zero-order valence-corrected chi connectivity index (χ0v) is 16.4. The van der Waals surface area contributed by atoms with Crippen molar-refractivity contribution in [1.82, 2.24) is 20.0 Å². The average Bonchev–Trinajstić information content (AvgIpc) is 2.51. The van der Waals surface area contributed by atoms with E-state index < -0.39 is 5.60 Å². The van der Waals surface area contributed by atoms with Crippen LogP contribution >= 0.6 is 0 Å². The Balaban J connectivity index is 2.67. The van der Waals surface area contributed by atoms with Crippen LogP contribution in [0.25, 0.3) is 0 Å². The van der Waals surface area contributed by atoms with Crippen LogP contribution in [-0.4, -0.2) is 105 Å². The second-order valence-corrected chi connectivity index (χ2v) is 7.51. The number of ether oxygens (including phenoxy) is 1.